The van der Waals surface area contributed by atoms with E-state index >= 15 is 0 Å². The molecule has 1 aromatic heterocycles. The Morgan fingerprint density at radius 2 is 2.30 bits per heavy atom. The van der Waals surface area contributed by atoms with Crippen LogP contribution in [0.3, 0.4) is 0 Å². The molecule has 112 valence electrons. The number of allylic oxidation sites excluding steroid dienone is 1. The van der Waals surface area contributed by atoms with E-state index in [0.29, 0.717) is 12.5 Å². The van der Waals surface area contributed by atoms with Crippen LogP contribution < -0.4 is 5.32 Å². The van der Waals surface area contributed by atoms with Gasteiger partial charge >= 0.3 is 0 Å². The van der Waals surface area contributed by atoms with Gasteiger partial charge < -0.3 is 10.4 Å². The zero-order valence-corrected chi connectivity index (χ0v) is 13.1. The zero-order valence-electron chi connectivity index (χ0n) is 13.1. The molecule has 0 saturated heterocycles. The standard InChI is InChI=1S/C16H27N3O/c1-12-6-5-7-13(2)15(12)9-17-11-16(3,20)14-8-18-19(4)10-14/h6,8,10,13,15,17,20H,5,7,9,11H2,1-4H3. The van der Waals surface area contributed by atoms with Crippen molar-refractivity contribution in [1.29, 1.82) is 0 Å². The summed E-state index contributed by atoms with van der Waals surface area (Å²) in [5.41, 5.74) is 1.47. The van der Waals surface area contributed by atoms with E-state index < -0.39 is 5.60 Å². The van der Waals surface area contributed by atoms with Crippen LogP contribution in [-0.2, 0) is 12.6 Å². The molecule has 2 N–H and O–H groups in total. The van der Waals surface area contributed by atoms with E-state index in [-0.39, 0.29) is 0 Å². The second-order valence-corrected chi connectivity index (χ2v) is 6.42. The van der Waals surface area contributed by atoms with Gasteiger partial charge in [-0.15, -0.1) is 0 Å². The molecule has 3 atom stereocenters. The summed E-state index contributed by atoms with van der Waals surface area (Å²) >= 11 is 0. The minimum absolute atomic E-state index is 0.551. The molecule has 1 aliphatic carbocycles. The lowest BCUT2D eigenvalue weighted by Gasteiger charge is -2.30. The molecule has 1 aliphatic rings. The molecule has 0 spiro atoms. The van der Waals surface area contributed by atoms with Gasteiger partial charge in [-0.05, 0) is 38.5 Å². The predicted molar refractivity (Wildman–Crippen MR) is 81.3 cm³/mol. The molecule has 0 aromatic carbocycles. The average Bonchev–Trinajstić information content (AvgIpc) is 2.80. The van der Waals surface area contributed by atoms with E-state index in [4.69, 9.17) is 0 Å². The highest BCUT2D eigenvalue weighted by Gasteiger charge is 2.26. The summed E-state index contributed by atoms with van der Waals surface area (Å²) in [6.07, 6.45) is 8.43. The number of rotatable bonds is 5. The number of nitrogens with zero attached hydrogens (tertiary/aromatic N) is 2. The molecule has 0 saturated carbocycles. The van der Waals surface area contributed by atoms with Gasteiger partial charge in [-0.2, -0.15) is 5.10 Å². The monoisotopic (exact) mass is 277 g/mol. The molecule has 0 amide bonds. The van der Waals surface area contributed by atoms with E-state index in [9.17, 15) is 5.11 Å². The first-order chi connectivity index (χ1) is 9.40. The van der Waals surface area contributed by atoms with E-state index in [1.165, 1.54) is 18.4 Å². The lowest BCUT2D eigenvalue weighted by molar-refractivity contribution is 0.0555. The summed E-state index contributed by atoms with van der Waals surface area (Å²) in [6, 6.07) is 0. The van der Waals surface area contributed by atoms with Crippen LogP contribution in [0, 0.1) is 11.8 Å². The van der Waals surface area contributed by atoms with Crippen LogP contribution in [-0.4, -0.2) is 28.0 Å². The maximum absolute atomic E-state index is 10.5. The third-order valence-electron chi connectivity index (χ3n) is 4.52. The highest BCUT2D eigenvalue weighted by molar-refractivity contribution is 5.15. The maximum atomic E-state index is 10.5. The Hall–Kier alpha value is -1.13. The largest absolute Gasteiger partial charge is 0.384 e. The Kier molecular flexibility index (Phi) is 4.66. The number of hydrogen-bond donors (Lipinski definition) is 2. The normalized spacial score (nSPS) is 26.1. The number of nitrogens with one attached hydrogen (secondary N) is 1. The van der Waals surface area contributed by atoms with Crippen LogP contribution in [0.15, 0.2) is 24.0 Å². The zero-order chi connectivity index (χ0) is 14.8. The smallest absolute Gasteiger partial charge is 0.102 e. The molecule has 0 radical (unpaired) electrons. The summed E-state index contributed by atoms with van der Waals surface area (Å²) in [4.78, 5) is 0. The Morgan fingerprint density at radius 1 is 1.55 bits per heavy atom. The molecule has 3 unspecified atom stereocenters. The van der Waals surface area contributed by atoms with Crippen molar-refractivity contribution in [3.05, 3.63) is 29.6 Å². The summed E-state index contributed by atoms with van der Waals surface area (Å²) in [6.45, 7) is 7.86. The van der Waals surface area contributed by atoms with Crippen LogP contribution in [0.5, 0.6) is 0 Å². The molecule has 4 heteroatoms. The Morgan fingerprint density at radius 3 is 2.90 bits per heavy atom. The first-order valence-electron chi connectivity index (χ1n) is 7.49. The number of aromatic nitrogens is 2. The Bertz CT molecular complexity index is 476. The van der Waals surface area contributed by atoms with Gasteiger partial charge in [0.05, 0.1) is 6.20 Å². The van der Waals surface area contributed by atoms with Crippen molar-refractivity contribution in [2.24, 2.45) is 18.9 Å². The quantitative estimate of drug-likeness (QED) is 0.811. The fourth-order valence-electron chi connectivity index (χ4n) is 3.01. The van der Waals surface area contributed by atoms with Gasteiger partial charge in [0.15, 0.2) is 0 Å². The summed E-state index contributed by atoms with van der Waals surface area (Å²) in [5.74, 6) is 1.31. The molecule has 2 rings (SSSR count). The maximum Gasteiger partial charge on any atom is 0.102 e. The fourth-order valence-corrected chi connectivity index (χ4v) is 3.01. The SMILES string of the molecule is CC1=CCCC(C)C1CNCC(C)(O)c1cnn(C)c1. The van der Waals surface area contributed by atoms with Crippen LogP contribution in [0.25, 0.3) is 0 Å². The molecular weight excluding hydrogens is 250 g/mol. The highest BCUT2D eigenvalue weighted by atomic mass is 16.3. The fraction of sp³-hybridized carbons (Fsp3) is 0.688. The topological polar surface area (TPSA) is 50.1 Å². The van der Waals surface area contributed by atoms with Crippen molar-refractivity contribution in [3.8, 4) is 0 Å². The average molecular weight is 277 g/mol. The van der Waals surface area contributed by atoms with Crippen molar-refractivity contribution in [3.63, 3.8) is 0 Å². The van der Waals surface area contributed by atoms with E-state index in [0.717, 1.165) is 18.0 Å². The molecule has 1 heterocycles. The Balaban J connectivity index is 1.89. The van der Waals surface area contributed by atoms with Crippen molar-refractivity contribution in [1.82, 2.24) is 15.1 Å². The van der Waals surface area contributed by atoms with Crippen LogP contribution >= 0.6 is 0 Å². The van der Waals surface area contributed by atoms with Gasteiger partial charge in [-0.3, -0.25) is 4.68 Å². The molecule has 0 fully saturated rings. The highest BCUT2D eigenvalue weighted by Crippen LogP contribution is 2.29. The lowest BCUT2D eigenvalue weighted by atomic mass is 9.80. The molecule has 0 aliphatic heterocycles. The number of aryl methyl sites for hydroxylation is 1. The summed E-state index contributed by atoms with van der Waals surface area (Å²) < 4.78 is 1.72. The second kappa shape index (κ2) is 6.10. The van der Waals surface area contributed by atoms with Gasteiger partial charge in [0.2, 0.25) is 0 Å². The second-order valence-electron chi connectivity index (χ2n) is 6.42. The predicted octanol–water partition coefficient (Wildman–Crippen LogP) is 2.21. The molecule has 0 bridgehead atoms. The lowest BCUT2D eigenvalue weighted by Crippen LogP contribution is -2.39. The van der Waals surface area contributed by atoms with E-state index in [2.05, 4.69) is 30.3 Å². The number of hydrogen-bond acceptors (Lipinski definition) is 3. The molecular formula is C16H27N3O. The third kappa shape index (κ3) is 3.49. The van der Waals surface area contributed by atoms with Gasteiger partial charge in [0.1, 0.15) is 5.60 Å². The first kappa shape index (κ1) is 15.3. The molecule has 1 aromatic rings. The van der Waals surface area contributed by atoms with E-state index in [1.807, 2.05) is 20.2 Å². The van der Waals surface area contributed by atoms with Gasteiger partial charge in [0, 0.05) is 31.9 Å². The van der Waals surface area contributed by atoms with Crippen molar-refractivity contribution >= 4 is 0 Å². The summed E-state index contributed by atoms with van der Waals surface area (Å²) in [7, 11) is 1.87. The van der Waals surface area contributed by atoms with Crippen LogP contribution in [0.2, 0.25) is 0 Å². The van der Waals surface area contributed by atoms with E-state index in [1.54, 1.807) is 10.9 Å². The first-order valence-corrected chi connectivity index (χ1v) is 7.49. The molecule has 4 nitrogen and oxygen atoms in total. The van der Waals surface area contributed by atoms with Gasteiger partial charge in [0.25, 0.3) is 0 Å². The van der Waals surface area contributed by atoms with Crippen LogP contribution in [0.4, 0.5) is 0 Å². The third-order valence-corrected chi connectivity index (χ3v) is 4.52. The minimum Gasteiger partial charge on any atom is -0.384 e. The van der Waals surface area contributed by atoms with Gasteiger partial charge in [-0.25, -0.2) is 0 Å². The van der Waals surface area contributed by atoms with Crippen molar-refractivity contribution in [2.75, 3.05) is 13.1 Å². The minimum atomic E-state index is -0.871. The molecule has 20 heavy (non-hydrogen) atoms. The van der Waals surface area contributed by atoms with Crippen LogP contribution in [0.1, 0.15) is 39.2 Å². The summed E-state index contributed by atoms with van der Waals surface area (Å²) in [5, 5.41) is 18.1. The van der Waals surface area contributed by atoms with Crippen molar-refractivity contribution in [2.45, 2.75) is 39.2 Å². The Labute approximate surface area is 121 Å². The van der Waals surface area contributed by atoms with Gasteiger partial charge in [-0.1, -0.05) is 18.6 Å². The number of aliphatic hydroxyl groups is 1. The van der Waals surface area contributed by atoms with Crippen molar-refractivity contribution < 1.29 is 5.11 Å².